The molecule has 44 heavy (non-hydrogen) atoms. The summed E-state index contributed by atoms with van der Waals surface area (Å²) in [6, 6.07) is 19.2. The topological polar surface area (TPSA) is 122 Å². The van der Waals surface area contributed by atoms with Crippen LogP contribution in [0.5, 0.6) is 5.75 Å². The predicted octanol–water partition coefficient (Wildman–Crippen LogP) is 6.41. The van der Waals surface area contributed by atoms with Crippen molar-refractivity contribution in [2.75, 3.05) is 20.9 Å². The molecule has 1 aliphatic rings. The van der Waals surface area contributed by atoms with Crippen LogP contribution in [0.25, 0.3) is 0 Å². The Morgan fingerprint density at radius 1 is 0.841 bits per heavy atom. The van der Waals surface area contributed by atoms with E-state index in [0.29, 0.717) is 11.1 Å². The number of para-hydroxylation sites is 2. The number of amides is 1. The van der Waals surface area contributed by atoms with Crippen molar-refractivity contribution >= 4 is 66.2 Å². The Labute approximate surface area is 260 Å². The summed E-state index contributed by atoms with van der Waals surface area (Å²) in [6.07, 6.45) is -6.08. The molecule has 1 aliphatic heterocycles. The summed E-state index contributed by atoms with van der Waals surface area (Å²) in [7, 11) is -8.44. The van der Waals surface area contributed by atoms with Crippen molar-refractivity contribution < 1.29 is 39.5 Å². The SMILES string of the molecule is O=C(Nc1ccc(S(=O)(=O)Nc2ccc(Cl)c(C(F)(F)F)c2)cc1)C1CN(S(=O)(=O)c2ccc(Cl)cc2)c2ccccc2O1. The highest BCUT2D eigenvalue weighted by atomic mass is 35.5. The third-order valence-corrected chi connectivity index (χ3v) is 10.2. The van der Waals surface area contributed by atoms with Gasteiger partial charge in [-0.3, -0.25) is 13.8 Å². The minimum absolute atomic E-state index is 0.0450. The molecule has 230 valence electrons. The van der Waals surface area contributed by atoms with Crippen molar-refractivity contribution in [1.29, 1.82) is 0 Å². The number of carbonyl (C=O) groups excluding carboxylic acids is 1. The average molecular weight is 687 g/mol. The summed E-state index contributed by atoms with van der Waals surface area (Å²) < 4.78 is 101. The van der Waals surface area contributed by atoms with E-state index in [1.807, 2.05) is 0 Å². The molecule has 0 spiro atoms. The van der Waals surface area contributed by atoms with E-state index in [2.05, 4.69) is 10.0 Å². The van der Waals surface area contributed by atoms with Crippen LogP contribution in [0.4, 0.5) is 30.2 Å². The van der Waals surface area contributed by atoms with Crippen LogP contribution in [-0.2, 0) is 31.0 Å². The number of hydrogen-bond donors (Lipinski definition) is 2. The lowest BCUT2D eigenvalue weighted by molar-refractivity contribution is -0.137. The fourth-order valence-corrected chi connectivity index (χ4v) is 7.14. The molecule has 0 saturated carbocycles. The maximum Gasteiger partial charge on any atom is 0.417 e. The number of hydrogen-bond acceptors (Lipinski definition) is 6. The Morgan fingerprint density at radius 2 is 1.45 bits per heavy atom. The summed E-state index contributed by atoms with van der Waals surface area (Å²) >= 11 is 11.5. The lowest BCUT2D eigenvalue weighted by Gasteiger charge is -2.34. The van der Waals surface area contributed by atoms with E-state index < -0.39 is 48.8 Å². The smallest absolute Gasteiger partial charge is 0.417 e. The highest BCUT2D eigenvalue weighted by molar-refractivity contribution is 7.93. The van der Waals surface area contributed by atoms with Crippen molar-refractivity contribution in [2.45, 2.75) is 22.1 Å². The number of nitrogens with one attached hydrogen (secondary N) is 2. The van der Waals surface area contributed by atoms with Crippen LogP contribution in [0, 0.1) is 0 Å². The molecular weight excluding hydrogens is 666 g/mol. The van der Waals surface area contributed by atoms with E-state index in [1.54, 1.807) is 12.1 Å². The molecule has 16 heteroatoms. The summed E-state index contributed by atoms with van der Waals surface area (Å²) in [5.74, 6) is -0.565. The van der Waals surface area contributed by atoms with Gasteiger partial charge in [-0.2, -0.15) is 13.2 Å². The Morgan fingerprint density at radius 3 is 2.11 bits per heavy atom. The summed E-state index contributed by atoms with van der Waals surface area (Å²) in [6.45, 7) is -0.370. The lowest BCUT2D eigenvalue weighted by atomic mass is 10.2. The number of carbonyl (C=O) groups is 1. The minimum Gasteiger partial charge on any atom is -0.476 e. The molecule has 0 saturated heterocycles. The third kappa shape index (κ3) is 6.58. The lowest BCUT2D eigenvalue weighted by Crippen LogP contribution is -2.48. The van der Waals surface area contributed by atoms with Gasteiger partial charge in [0.15, 0.2) is 6.10 Å². The van der Waals surface area contributed by atoms with Crippen LogP contribution >= 0.6 is 23.2 Å². The van der Waals surface area contributed by atoms with Gasteiger partial charge in [0.1, 0.15) is 5.75 Å². The minimum atomic E-state index is -4.79. The molecule has 1 amide bonds. The van der Waals surface area contributed by atoms with Gasteiger partial charge in [0.2, 0.25) is 0 Å². The molecular formula is C28H20Cl2F3N3O6S2. The van der Waals surface area contributed by atoms with Crippen LogP contribution in [0.1, 0.15) is 5.56 Å². The first-order chi connectivity index (χ1) is 20.6. The molecule has 1 unspecified atom stereocenters. The van der Waals surface area contributed by atoms with Crippen LogP contribution < -0.4 is 19.1 Å². The Hall–Kier alpha value is -3.98. The molecule has 5 rings (SSSR count). The first-order valence-corrected chi connectivity index (χ1v) is 16.2. The molecule has 4 aromatic rings. The summed E-state index contributed by atoms with van der Waals surface area (Å²) in [5, 5.41) is 2.32. The zero-order valence-electron chi connectivity index (χ0n) is 22.0. The van der Waals surface area contributed by atoms with Crippen molar-refractivity contribution in [3.8, 4) is 5.75 Å². The normalized spacial score (nSPS) is 15.2. The maximum absolute atomic E-state index is 13.5. The van der Waals surface area contributed by atoms with Crippen LogP contribution in [-0.4, -0.2) is 35.4 Å². The molecule has 1 atom stereocenters. The standard InChI is InChI=1S/C28H20Cl2F3N3O6S2/c29-17-5-10-21(11-6-17)44(40,41)36-16-26(42-25-4-2-1-3-24(25)36)27(37)34-18-7-12-20(13-8-18)43(38,39)35-19-9-14-23(30)22(15-19)28(31,32)33/h1-15,26,35H,16H2,(H,34,37). The number of halogens is 5. The van der Waals surface area contributed by atoms with Gasteiger partial charge in [-0.25, -0.2) is 16.8 Å². The summed E-state index contributed by atoms with van der Waals surface area (Å²) in [5.41, 5.74) is -1.18. The fourth-order valence-electron chi connectivity index (χ4n) is 4.26. The quantitative estimate of drug-likeness (QED) is 0.232. The highest BCUT2D eigenvalue weighted by Gasteiger charge is 2.38. The first kappa shape index (κ1) is 31.4. The fraction of sp³-hybridized carbons (Fsp3) is 0.107. The van der Waals surface area contributed by atoms with Gasteiger partial charge in [-0.15, -0.1) is 0 Å². The second-order valence-corrected chi connectivity index (χ2v) is 13.8. The monoisotopic (exact) mass is 685 g/mol. The number of nitrogens with zero attached hydrogens (tertiary/aromatic N) is 1. The van der Waals surface area contributed by atoms with Crippen LogP contribution in [0.15, 0.2) is 101 Å². The van der Waals surface area contributed by atoms with Gasteiger partial charge in [-0.05, 0) is 78.9 Å². The van der Waals surface area contributed by atoms with E-state index in [0.717, 1.165) is 28.6 Å². The number of ether oxygens (including phenoxy) is 1. The van der Waals surface area contributed by atoms with Crippen molar-refractivity contribution in [3.05, 3.63) is 107 Å². The van der Waals surface area contributed by atoms with E-state index >= 15 is 0 Å². The molecule has 0 aliphatic carbocycles. The van der Waals surface area contributed by atoms with E-state index in [-0.39, 0.29) is 39.1 Å². The molecule has 4 aromatic carbocycles. The predicted molar refractivity (Wildman–Crippen MR) is 159 cm³/mol. The molecule has 0 bridgehead atoms. The maximum atomic E-state index is 13.5. The third-order valence-electron chi connectivity index (χ3n) is 6.39. The van der Waals surface area contributed by atoms with Gasteiger partial charge in [0, 0.05) is 16.4 Å². The molecule has 0 aromatic heterocycles. The molecule has 9 nitrogen and oxygen atoms in total. The van der Waals surface area contributed by atoms with Gasteiger partial charge >= 0.3 is 6.18 Å². The second-order valence-electron chi connectivity index (χ2n) is 9.38. The molecule has 0 fully saturated rings. The van der Waals surface area contributed by atoms with Crippen molar-refractivity contribution in [2.24, 2.45) is 0 Å². The molecule has 0 radical (unpaired) electrons. The first-order valence-electron chi connectivity index (χ1n) is 12.5. The van der Waals surface area contributed by atoms with Crippen LogP contribution in [0.2, 0.25) is 10.0 Å². The number of sulfonamides is 2. The molecule has 2 N–H and O–H groups in total. The van der Waals surface area contributed by atoms with Gasteiger partial charge in [0.05, 0.1) is 32.6 Å². The number of alkyl halides is 3. The highest BCUT2D eigenvalue weighted by Crippen LogP contribution is 2.38. The van der Waals surface area contributed by atoms with Gasteiger partial charge < -0.3 is 10.1 Å². The summed E-state index contributed by atoms with van der Waals surface area (Å²) in [4.78, 5) is 12.8. The number of rotatable bonds is 7. The van der Waals surface area contributed by atoms with Gasteiger partial charge in [-0.1, -0.05) is 35.3 Å². The van der Waals surface area contributed by atoms with E-state index in [4.69, 9.17) is 27.9 Å². The average Bonchev–Trinajstić information content (AvgIpc) is 2.97. The van der Waals surface area contributed by atoms with Crippen molar-refractivity contribution in [1.82, 2.24) is 0 Å². The number of fused-ring (bicyclic) bond motifs is 1. The van der Waals surface area contributed by atoms with Gasteiger partial charge in [0.25, 0.3) is 26.0 Å². The number of anilines is 3. The Balaban J connectivity index is 1.32. The van der Waals surface area contributed by atoms with E-state index in [9.17, 15) is 34.8 Å². The largest absolute Gasteiger partial charge is 0.476 e. The van der Waals surface area contributed by atoms with E-state index in [1.165, 1.54) is 48.5 Å². The van der Waals surface area contributed by atoms with Crippen LogP contribution in [0.3, 0.4) is 0 Å². The Kier molecular flexibility index (Phi) is 8.46. The zero-order valence-corrected chi connectivity index (χ0v) is 25.2. The van der Waals surface area contributed by atoms with Crippen molar-refractivity contribution in [3.63, 3.8) is 0 Å². The Bertz CT molecular complexity index is 1940. The second kappa shape index (κ2) is 11.8. The molecule has 1 heterocycles. The number of benzene rings is 4. The zero-order chi connectivity index (χ0) is 31.9.